The van der Waals surface area contributed by atoms with Gasteiger partial charge in [-0.05, 0) is 37.1 Å². The summed E-state index contributed by atoms with van der Waals surface area (Å²) in [4.78, 5) is 29.0. The molecule has 236 valence electrons. The molecule has 9 nitrogen and oxygen atoms in total. The van der Waals surface area contributed by atoms with Gasteiger partial charge in [-0.15, -0.1) is 0 Å². The molecule has 0 saturated carbocycles. The zero-order chi connectivity index (χ0) is 31.5. The van der Waals surface area contributed by atoms with Crippen molar-refractivity contribution in [3.63, 3.8) is 0 Å². The smallest absolute Gasteiger partial charge is 0.367 e. The van der Waals surface area contributed by atoms with Gasteiger partial charge in [0.05, 0.1) is 29.1 Å². The first kappa shape index (κ1) is 32.9. The van der Waals surface area contributed by atoms with Crippen LogP contribution in [0.1, 0.15) is 35.2 Å². The first-order valence-electron chi connectivity index (χ1n) is 13.5. The Bertz CT molecular complexity index is 1470. The quantitative estimate of drug-likeness (QED) is 0.372. The van der Waals surface area contributed by atoms with Crippen molar-refractivity contribution in [2.24, 2.45) is 11.7 Å². The van der Waals surface area contributed by atoms with Gasteiger partial charge < -0.3 is 21.3 Å². The standard InChI is InChI=1S/C27H31ClF5N5O4S/c28-18-2-4-20(21(14-18)38-10-8-37(9-11-38)7-6-27(31,32)33)36-26(40)19-3-1-17(23(29)24(19)30)15-35-25(39)16-5-12-43(41,42)22(34)13-16/h1-4,14,16,22H,5-13,15,34H2,(H,35,39)(H,36,40). The average Bonchev–Trinajstić information content (AvgIpc) is 2.94. The summed E-state index contributed by atoms with van der Waals surface area (Å²) in [5.41, 5.74) is 5.54. The number of nitrogens with two attached hydrogens (primary N) is 1. The number of amides is 2. The summed E-state index contributed by atoms with van der Waals surface area (Å²) in [6.45, 7) is 0.888. The fourth-order valence-corrected chi connectivity index (χ4v) is 6.64. The van der Waals surface area contributed by atoms with Gasteiger partial charge in [0.2, 0.25) is 5.91 Å². The van der Waals surface area contributed by atoms with Gasteiger partial charge in [0.25, 0.3) is 5.91 Å². The molecule has 0 aliphatic carbocycles. The molecular weight excluding hydrogens is 621 g/mol. The van der Waals surface area contributed by atoms with Crippen molar-refractivity contribution in [2.45, 2.75) is 37.4 Å². The van der Waals surface area contributed by atoms with E-state index in [2.05, 4.69) is 10.6 Å². The van der Waals surface area contributed by atoms with Crippen molar-refractivity contribution in [1.82, 2.24) is 10.2 Å². The van der Waals surface area contributed by atoms with Crippen LogP contribution < -0.4 is 21.3 Å². The third-order valence-corrected chi connectivity index (χ3v) is 9.75. The van der Waals surface area contributed by atoms with Crippen LogP contribution in [0.3, 0.4) is 0 Å². The summed E-state index contributed by atoms with van der Waals surface area (Å²) in [7, 11) is -3.46. The molecule has 2 aliphatic rings. The Labute approximate surface area is 250 Å². The fraction of sp³-hybridized carbons (Fsp3) is 0.481. The normalized spacial score (nSPS) is 21.0. The summed E-state index contributed by atoms with van der Waals surface area (Å²) in [6, 6.07) is 6.80. The van der Waals surface area contributed by atoms with Crippen LogP contribution in [0.15, 0.2) is 30.3 Å². The minimum absolute atomic E-state index is 0.0677. The first-order valence-corrected chi connectivity index (χ1v) is 15.6. The lowest BCUT2D eigenvalue weighted by atomic mass is 10.0. The molecule has 2 fully saturated rings. The van der Waals surface area contributed by atoms with Crippen molar-refractivity contribution in [1.29, 1.82) is 0 Å². The predicted molar refractivity (Wildman–Crippen MR) is 151 cm³/mol. The molecule has 2 atom stereocenters. The second-order valence-corrected chi connectivity index (χ2v) is 13.3. The number of carbonyl (C=O) groups excluding carboxylic acids is 2. The van der Waals surface area contributed by atoms with E-state index in [1.165, 1.54) is 12.1 Å². The molecule has 0 spiro atoms. The monoisotopic (exact) mass is 651 g/mol. The van der Waals surface area contributed by atoms with Gasteiger partial charge in [-0.3, -0.25) is 14.5 Å². The lowest BCUT2D eigenvalue weighted by Gasteiger charge is -2.37. The van der Waals surface area contributed by atoms with Gasteiger partial charge in [0.1, 0.15) is 5.37 Å². The molecule has 2 aromatic carbocycles. The molecule has 2 amide bonds. The lowest BCUT2D eigenvalue weighted by Crippen LogP contribution is -2.47. The van der Waals surface area contributed by atoms with Crippen LogP contribution in [-0.4, -0.2) is 75.2 Å². The Hall–Kier alpha value is -3.01. The zero-order valence-corrected chi connectivity index (χ0v) is 24.5. The Kier molecular flexibility index (Phi) is 10.2. The third kappa shape index (κ3) is 8.34. The lowest BCUT2D eigenvalue weighted by molar-refractivity contribution is -0.138. The second-order valence-electron chi connectivity index (χ2n) is 10.6. The van der Waals surface area contributed by atoms with E-state index < -0.39 is 69.3 Å². The molecular formula is C27H31ClF5N5O4S. The van der Waals surface area contributed by atoms with Crippen LogP contribution in [-0.2, 0) is 21.2 Å². The first-order chi connectivity index (χ1) is 20.1. The number of carbonyl (C=O) groups is 2. The van der Waals surface area contributed by atoms with Gasteiger partial charge in [0, 0.05) is 55.8 Å². The highest BCUT2D eigenvalue weighted by Gasteiger charge is 2.35. The van der Waals surface area contributed by atoms with Crippen molar-refractivity contribution >= 4 is 44.6 Å². The predicted octanol–water partition coefficient (Wildman–Crippen LogP) is 3.67. The van der Waals surface area contributed by atoms with E-state index in [9.17, 15) is 35.6 Å². The van der Waals surface area contributed by atoms with Gasteiger partial charge >= 0.3 is 6.18 Å². The molecule has 0 radical (unpaired) electrons. The van der Waals surface area contributed by atoms with E-state index in [-0.39, 0.29) is 36.4 Å². The summed E-state index contributed by atoms with van der Waals surface area (Å²) >= 11 is 6.16. The Morgan fingerprint density at radius 1 is 1.05 bits per heavy atom. The molecule has 2 saturated heterocycles. The molecule has 2 heterocycles. The van der Waals surface area contributed by atoms with Crippen LogP contribution in [0.25, 0.3) is 0 Å². The van der Waals surface area contributed by atoms with Crippen LogP contribution in [0.2, 0.25) is 5.02 Å². The Morgan fingerprint density at radius 3 is 2.40 bits per heavy atom. The van der Waals surface area contributed by atoms with E-state index in [1.807, 2.05) is 4.90 Å². The van der Waals surface area contributed by atoms with Gasteiger partial charge in [-0.25, -0.2) is 17.2 Å². The zero-order valence-electron chi connectivity index (χ0n) is 22.9. The van der Waals surface area contributed by atoms with Crippen LogP contribution in [0.5, 0.6) is 0 Å². The van der Waals surface area contributed by atoms with Crippen molar-refractivity contribution in [3.8, 4) is 0 Å². The minimum atomic E-state index is -4.25. The molecule has 0 bridgehead atoms. The van der Waals surface area contributed by atoms with E-state index in [4.69, 9.17) is 17.3 Å². The van der Waals surface area contributed by atoms with E-state index in [0.29, 0.717) is 36.9 Å². The number of nitrogens with one attached hydrogen (secondary N) is 2. The highest BCUT2D eigenvalue weighted by Crippen LogP contribution is 2.32. The number of benzene rings is 2. The van der Waals surface area contributed by atoms with Crippen molar-refractivity contribution in [3.05, 3.63) is 58.1 Å². The number of rotatable bonds is 8. The maximum Gasteiger partial charge on any atom is 0.390 e. The number of hydrogen-bond acceptors (Lipinski definition) is 7. The van der Waals surface area contributed by atoms with Crippen molar-refractivity contribution < 1.29 is 40.0 Å². The number of halogens is 6. The summed E-state index contributed by atoms with van der Waals surface area (Å²) < 4.78 is 91.2. The molecule has 2 unspecified atom stereocenters. The summed E-state index contributed by atoms with van der Waals surface area (Å²) in [5, 5.41) is 4.20. The highest BCUT2D eigenvalue weighted by molar-refractivity contribution is 7.92. The van der Waals surface area contributed by atoms with E-state index >= 15 is 4.39 Å². The number of anilines is 2. The van der Waals surface area contributed by atoms with Crippen LogP contribution in [0, 0.1) is 17.6 Å². The SMILES string of the molecule is NC1CC(C(=O)NCc2ccc(C(=O)Nc3ccc(Cl)cc3N3CCN(CCC(F)(F)F)CC3)c(F)c2F)CCS1(=O)=O. The maximum atomic E-state index is 15.0. The number of alkyl halides is 3. The number of piperazine rings is 1. The second kappa shape index (κ2) is 13.3. The van der Waals surface area contributed by atoms with Gasteiger partial charge in [-0.1, -0.05) is 17.7 Å². The molecule has 2 aromatic rings. The highest BCUT2D eigenvalue weighted by atomic mass is 35.5. The molecule has 16 heteroatoms. The molecule has 4 N–H and O–H groups in total. The summed E-state index contributed by atoms with van der Waals surface area (Å²) in [5.74, 6) is -5.17. The Balaban J connectivity index is 1.39. The minimum Gasteiger partial charge on any atom is -0.367 e. The average molecular weight is 652 g/mol. The number of sulfone groups is 1. The number of hydrogen-bond donors (Lipinski definition) is 3. The third-order valence-electron chi connectivity index (χ3n) is 7.59. The largest absolute Gasteiger partial charge is 0.390 e. The summed E-state index contributed by atoms with van der Waals surface area (Å²) in [6.07, 6.45) is -5.18. The van der Waals surface area contributed by atoms with Crippen LogP contribution >= 0.6 is 11.6 Å². The molecule has 4 rings (SSSR count). The van der Waals surface area contributed by atoms with E-state index in [1.54, 1.807) is 11.0 Å². The molecule has 0 aromatic heterocycles. The van der Waals surface area contributed by atoms with Crippen molar-refractivity contribution in [2.75, 3.05) is 48.7 Å². The molecule has 2 aliphatic heterocycles. The van der Waals surface area contributed by atoms with Gasteiger partial charge in [-0.2, -0.15) is 13.2 Å². The topological polar surface area (TPSA) is 125 Å². The molecule has 43 heavy (non-hydrogen) atoms. The fourth-order valence-electron chi connectivity index (χ4n) is 5.03. The van der Waals surface area contributed by atoms with Gasteiger partial charge in [0.15, 0.2) is 21.5 Å². The number of nitrogens with zero attached hydrogens (tertiary/aromatic N) is 2. The van der Waals surface area contributed by atoms with E-state index in [0.717, 1.165) is 12.1 Å². The maximum absolute atomic E-state index is 15.0. The Morgan fingerprint density at radius 2 is 1.74 bits per heavy atom. The van der Waals surface area contributed by atoms with Crippen LogP contribution in [0.4, 0.5) is 33.3 Å².